The predicted octanol–water partition coefficient (Wildman–Crippen LogP) is 3.17. The van der Waals surface area contributed by atoms with Gasteiger partial charge in [-0.1, -0.05) is 15.9 Å². The SMILES string of the molecule is Cc1cc2c(cc1Br)N(S(=O)(=O)c1ccc3[nH]c(=O)oc3c1)C[C@@H](C)O2. The number of fused-ring (bicyclic) bond motifs is 2. The third-order valence-corrected chi connectivity index (χ3v) is 6.87. The number of hydrogen-bond donors (Lipinski definition) is 1. The summed E-state index contributed by atoms with van der Waals surface area (Å²) in [6.45, 7) is 3.91. The van der Waals surface area contributed by atoms with Crippen molar-refractivity contribution in [3.05, 3.63) is 50.9 Å². The number of nitrogens with zero attached hydrogens (tertiary/aromatic N) is 1. The minimum absolute atomic E-state index is 0.0458. The van der Waals surface area contributed by atoms with Crippen molar-refractivity contribution >= 4 is 42.7 Å². The summed E-state index contributed by atoms with van der Waals surface area (Å²) in [5, 5.41) is 0. The Morgan fingerprint density at radius 2 is 2.04 bits per heavy atom. The number of oxazole rings is 1. The summed E-state index contributed by atoms with van der Waals surface area (Å²) in [5.74, 6) is -0.110. The number of aryl methyl sites for hydroxylation is 1. The van der Waals surface area contributed by atoms with Crippen LogP contribution in [0.4, 0.5) is 5.69 Å². The molecule has 7 nitrogen and oxygen atoms in total. The van der Waals surface area contributed by atoms with Crippen LogP contribution in [0.1, 0.15) is 12.5 Å². The first kappa shape index (κ1) is 17.2. The number of aromatic nitrogens is 1. The molecule has 1 N–H and O–H groups in total. The molecule has 26 heavy (non-hydrogen) atoms. The van der Waals surface area contributed by atoms with Crippen molar-refractivity contribution in [3.8, 4) is 5.75 Å². The van der Waals surface area contributed by atoms with Crippen LogP contribution >= 0.6 is 15.9 Å². The highest BCUT2D eigenvalue weighted by Crippen LogP contribution is 2.40. The molecule has 9 heteroatoms. The second-order valence-electron chi connectivity index (χ2n) is 6.21. The van der Waals surface area contributed by atoms with E-state index in [1.165, 1.54) is 22.5 Å². The van der Waals surface area contributed by atoms with Crippen molar-refractivity contribution in [2.75, 3.05) is 10.8 Å². The van der Waals surface area contributed by atoms with Crippen LogP contribution in [-0.4, -0.2) is 26.1 Å². The van der Waals surface area contributed by atoms with Crippen LogP contribution in [0, 0.1) is 6.92 Å². The number of hydrogen-bond acceptors (Lipinski definition) is 5. The van der Waals surface area contributed by atoms with Crippen LogP contribution in [0.15, 0.2) is 48.9 Å². The summed E-state index contributed by atoms with van der Waals surface area (Å²) < 4.78 is 39.5. The average Bonchev–Trinajstić information content (AvgIpc) is 2.94. The normalized spacial score (nSPS) is 17.2. The van der Waals surface area contributed by atoms with Gasteiger partial charge >= 0.3 is 5.76 Å². The van der Waals surface area contributed by atoms with Gasteiger partial charge in [0.1, 0.15) is 11.9 Å². The van der Waals surface area contributed by atoms with E-state index in [0.717, 1.165) is 10.0 Å². The summed E-state index contributed by atoms with van der Waals surface area (Å²) in [4.78, 5) is 13.9. The lowest BCUT2D eigenvalue weighted by Gasteiger charge is -2.34. The summed E-state index contributed by atoms with van der Waals surface area (Å²) >= 11 is 3.44. The first-order chi connectivity index (χ1) is 12.3. The molecular weight excluding hydrogens is 424 g/mol. The van der Waals surface area contributed by atoms with Gasteiger partial charge in [0.25, 0.3) is 10.0 Å². The van der Waals surface area contributed by atoms with E-state index in [1.807, 2.05) is 19.9 Å². The lowest BCUT2D eigenvalue weighted by atomic mass is 10.2. The Labute approximate surface area is 157 Å². The molecule has 1 aliphatic heterocycles. The number of benzene rings is 2. The van der Waals surface area contributed by atoms with Gasteiger partial charge in [0.15, 0.2) is 5.58 Å². The molecule has 0 fully saturated rings. The third kappa shape index (κ3) is 2.71. The molecule has 0 unspecified atom stereocenters. The van der Waals surface area contributed by atoms with Gasteiger partial charge in [-0.3, -0.25) is 9.29 Å². The molecule has 4 rings (SSSR count). The van der Waals surface area contributed by atoms with Crippen molar-refractivity contribution in [1.29, 1.82) is 0 Å². The van der Waals surface area contributed by atoms with E-state index in [4.69, 9.17) is 9.15 Å². The van der Waals surface area contributed by atoms with Gasteiger partial charge in [-0.15, -0.1) is 0 Å². The Morgan fingerprint density at radius 1 is 1.27 bits per heavy atom. The van der Waals surface area contributed by atoms with E-state index in [1.54, 1.807) is 6.07 Å². The summed E-state index contributed by atoms with van der Waals surface area (Å²) in [6, 6.07) is 7.87. The Bertz CT molecular complexity index is 1180. The molecule has 1 aromatic heterocycles. The quantitative estimate of drug-likeness (QED) is 0.662. The standard InChI is InChI=1S/C17H15BrN2O5S/c1-9-5-16-14(7-12(9)18)20(8-10(2)24-16)26(22,23)11-3-4-13-15(6-11)25-17(21)19-13/h3-7,10H,8H2,1-2H3,(H,19,21)/t10-/m1/s1. The number of anilines is 1. The zero-order valence-electron chi connectivity index (χ0n) is 13.9. The van der Waals surface area contributed by atoms with Crippen LogP contribution in [0.25, 0.3) is 11.1 Å². The van der Waals surface area contributed by atoms with E-state index >= 15 is 0 Å². The predicted molar refractivity (Wildman–Crippen MR) is 100 cm³/mol. The Balaban J connectivity index is 1.87. The number of ether oxygens (including phenoxy) is 1. The van der Waals surface area contributed by atoms with Crippen LogP contribution in [0.2, 0.25) is 0 Å². The summed E-state index contributed by atoms with van der Waals surface area (Å²) in [6.07, 6.45) is -0.299. The highest BCUT2D eigenvalue weighted by atomic mass is 79.9. The highest BCUT2D eigenvalue weighted by Gasteiger charge is 2.33. The molecular formula is C17H15BrN2O5S. The zero-order valence-corrected chi connectivity index (χ0v) is 16.3. The molecule has 1 atom stereocenters. The molecule has 0 saturated heterocycles. The largest absolute Gasteiger partial charge is 0.487 e. The maximum atomic E-state index is 13.3. The number of rotatable bonds is 2. The Morgan fingerprint density at radius 3 is 2.81 bits per heavy atom. The van der Waals surface area contributed by atoms with Crippen molar-refractivity contribution in [3.63, 3.8) is 0 Å². The van der Waals surface area contributed by atoms with Crippen molar-refractivity contribution in [2.45, 2.75) is 24.8 Å². The first-order valence-corrected chi connectivity index (χ1v) is 10.1. The van der Waals surface area contributed by atoms with E-state index in [0.29, 0.717) is 17.0 Å². The van der Waals surface area contributed by atoms with Gasteiger partial charge in [-0.05, 0) is 43.7 Å². The summed E-state index contributed by atoms with van der Waals surface area (Å²) in [5.41, 5.74) is 2.06. The minimum atomic E-state index is -3.86. The minimum Gasteiger partial charge on any atom is -0.487 e. The van der Waals surface area contributed by atoms with E-state index in [9.17, 15) is 13.2 Å². The zero-order chi connectivity index (χ0) is 18.6. The fourth-order valence-electron chi connectivity index (χ4n) is 2.96. The van der Waals surface area contributed by atoms with Crippen molar-refractivity contribution < 1.29 is 17.6 Å². The molecule has 0 saturated carbocycles. The molecule has 3 aromatic rings. The molecule has 136 valence electrons. The average molecular weight is 439 g/mol. The first-order valence-electron chi connectivity index (χ1n) is 7.88. The Hall–Kier alpha value is -2.26. The van der Waals surface area contributed by atoms with Crippen LogP contribution in [0.3, 0.4) is 0 Å². The third-order valence-electron chi connectivity index (χ3n) is 4.24. The molecule has 0 amide bonds. The number of sulfonamides is 1. The fraction of sp³-hybridized carbons (Fsp3) is 0.235. The van der Waals surface area contributed by atoms with Gasteiger partial charge in [0.05, 0.1) is 22.6 Å². The van der Waals surface area contributed by atoms with Gasteiger partial charge in [-0.25, -0.2) is 13.2 Å². The van der Waals surface area contributed by atoms with Crippen LogP contribution in [0.5, 0.6) is 5.75 Å². The number of H-pyrrole nitrogens is 1. The molecule has 0 spiro atoms. The number of nitrogens with one attached hydrogen (secondary N) is 1. The van der Waals surface area contributed by atoms with E-state index in [2.05, 4.69) is 20.9 Å². The van der Waals surface area contributed by atoms with Crippen LogP contribution < -0.4 is 14.8 Å². The van der Waals surface area contributed by atoms with Gasteiger partial charge in [-0.2, -0.15) is 0 Å². The van der Waals surface area contributed by atoms with Gasteiger partial charge in [0, 0.05) is 10.5 Å². The monoisotopic (exact) mass is 438 g/mol. The molecule has 2 heterocycles. The highest BCUT2D eigenvalue weighted by molar-refractivity contribution is 9.10. The summed E-state index contributed by atoms with van der Waals surface area (Å²) in [7, 11) is -3.86. The molecule has 1 aliphatic rings. The molecule has 0 aliphatic carbocycles. The number of aromatic amines is 1. The van der Waals surface area contributed by atoms with Crippen LogP contribution in [-0.2, 0) is 10.0 Å². The van der Waals surface area contributed by atoms with Gasteiger partial charge in [0.2, 0.25) is 0 Å². The number of halogens is 1. The maximum Gasteiger partial charge on any atom is 0.417 e. The van der Waals surface area contributed by atoms with E-state index < -0.39 is 15.8 Å². The smallest absolute Gasteiger partial charge is 0.417 e. The van der Waals surface area contributed by atoms with E-state index in [-0.39, 0.29) is 23.1 Å². The topological polar surface area (TPSA) is 92.6 Å². The molecule has 0 radical (unpaired) electrons. The molecule has 0 bridgehead atoms. The van der Waals surface area contributed by atoms with Crippen molar-refractivity contribution in [1.82, 2.24) is 4.98 Å². The van der Waals surface area contributed by atoms with Crippen molar-refractivity contribution in [2.24, 2.45) is 0 Å². The van der Waals surface area contributed by atoms with Gasteiger partial charge < -0.3 is 9.15 Å². The Kier molecular flexibility index (Phi) is 3.89. The second-order valence-corrected chi connectivity index (χ2v) is 8.92. The maximum absolute atomic E-state index is 13.3. The molecule has 2 aromatic carbocycles. The second kappa shape index (κ2) is 5.88. The lowest BCUT2D eigenvalue weighted by molar-refractivity contribution is 0.219. The lowest BCUT2D eigenvalue weighted by Crippen LogP contribution is -2.42. The fourth-order valence-corrected chi connectivity index (χ4v) is 4.85.